The van der Waals surface area contributed by atoms with Crippen LogP contribution in [-0.4, -0.2) is 12.6 Å². The van der Waals surface area contributed by atoms with Gasteiger partial charge in [-0.15, -0.1) is 0 Å². The number of halogens is 2. The van der Waals surface area contributed by atoms with Crippen LogP contribution in [0.3, 0.4) is 0 Å². The van der Waals surface area contributed by atoms with Crippen LogP contribution in [-0.2, 0) is 0 Å². The van der Waals surface area contributed by atoms with Crippen LogP contribution in [0, 0.1) is 17.6 Å². The minimum Gasteiger partial charge on any atom is -0.494 e. The number of esters is 1. The maximum atomic E-state index is 14.7. The van der Waals surface area contributed by atoms with Gasteiger partial charge in [-0.2, -0.15) is 0 Å². The molecule has 31 heavy (non-hydrogen) atoms. The molecule has 3 nitrogen and oxygen atoms in total. The van der Waals surface area contributed by atoms with E-state index in [0.29, 0.717) is 17.9 Å². The Labute approximate surface area is 183 Å². The number of unbranched alkanes of at least 4 members (excludes halogenated alkanes) is 2. The third-order valence-electron chi connectivity index (χ3n) is 6.15. The fraction of sp³-hybridized carbons (Fsp3) is 0.500. The molecule has 0 aromatic heterocycles. The Balaban J connectivity index is 1.63. The van der Waals surface area contributed by atoms with Crippen molar-refractivity contribution in [3.05, 3.63) is 59.2 Å². The summed E-state index contributed by atoms with van der Waals surface area (Å²) in [5, 5.41) is 0. The topological polar surface area (TPSA) is 35.5 Å². The molecule has 1 saturated carbocycles. The van der Waals surface area contributed by atoms with E-state index in [-0.39, 0.29) is 11.7 Å². The Morgan fingerprint density at radius 3 is 2.13 bits per heavy atom. The summed E-state index contributed by atoms with van der Waals surface area (Å²) >= 11 is 0. The number of ether oxygens (including phenoxy) is 2. The van der Waals surface area contributed by atoms with Crippen LogP contribution in [0.2, 0.25) is 0 Å². The van der Waals surface area contributed by atoms with Crippen molar-refractivity contribution >= 4 is 5.97 Å². The summed E-state index contributed by atoms with van der Waals surface area (Å²) in [6.07, 6.45) is 9.07. The molecule has 0 N–H and O–H groups in total. The smallest absolute Gasteiger partial charge is 0.349 e. The summed E-state index contributed by atoms with van der Waals surface area (Å²) in [6, 6.07) is 8.96. The maximum absolute atomic E-state index is 14.7. The number of rotatable bonds is 9. The molecule has 0 radical (unpaired) electrons. The summed E-state index contributed by atoms with van der Waals surface area (Å²) < 4.78 is 39.9. The molecule has 0 amide bonds. The first-order valence-corrected chi connectivity index (χ1v) is 11.5. The molecule has 3 rings (SSSR count). The van der Waals surface area contributed by atoms with Crippen LogP contribution in [0.4, 0.5) is 8.78 Å². The first kappa shape index (κ1) is 23.2. The highest BCUT2D eigenvalue weighted by atomic mass is 19.1. The molecule has 0 heterocycles. The molecule has 0 unspecified atom stereocenters. The zero-order valence-electron chi connectivity index (χ0n) is 18.5. The Kier molecular flexibility index (Phi) is 8.44. The monoisotopic (exact) mass is 430 g/mol. The van der Waals surface area contributed by atoms with Gasteiger partial charge in [0.1, 0.15) is 28.7 Å². The molecule has 0 atom stereocenters. The fourth-order valence-electron chi connectivity index (χ4n) is 4.42. The standard InChI is InChI=1S/C26H32F2O3/c1-3-5-6-7-18-8-10-19(11-9-18)20-16-23(27)25(24(28)17-20)26(29)31-22-14-12-21(13-15-22)30-4-2/h12-19H,3-11H2,1-2H3. The molecular formula is C26H32F2O3. The molecule has 0 spiro atoms. The van der Waals surface area contributed by atoms with Gasteiger partial charge in [-0.25, -0.2) is 13.6 Å². The lowest BCUT2D eigenvalue weighted by atomic mass is 9.77. The van der Waals surface area contributed by atoms with Gasteiger partial charge in [0.15, 0.2) is 0 Å². The Morgan fingerprint density at radius 1 is 0.935 bits per heavy atom. The van der Waals surface area contributed by atoms with E-state index >= 15 is 0 Å². The van der Waals surface area contributed by atoms with Gasteiger partial charge in [-0.1, -0.05) is 32.6 Å². The second kappa shape index (κ2) is 11.3. The van der Waals surface area contributed by atoms with E-state index in [1.165, 1.54) is 49.9 Å². The van der Waals surface area contributed by atoms with Crippen LogP contribution in [0.25, 0.3) is 0 Å². The lowest BCUT2D eigenvalue weighted by molar-refractivity contribution is 0.0724. The lowest BCUT2D eigenvalue weighted by Gasteiger charge is -2.29. The molecule has 5 heteroatoms. The number of hydrogen-bond donors (Lipinski definition) is 0. The molecule has 2 aromatic rings. The van der Waals surface area contributed by atoms with Crippen LogP contribution < -0.4 is 9.47 Å². The predicted molar refractivity (Wildman–Crippen MR) is 118 cm³/mol. The van der Waals surface area contributed by atoms with Crippen LogP contribution in [0.5, 0.6) is 11.5 Å². The van der Waals surface area contributed by atoms with Gasteiger partial charge in [0.05, 0.1) is 6.61 Å². The Morgan fingerprint density at radius 2 is 1.55 bits per heavy atom. The summed E-state index contributed by atoms with van der Waals surface area (Å²) in [6.45, 7) is 4.59. The SMILES string of the molecule is CCCCCC1CCC(c2cc(F)c(C(=O)Oc3ccc(OCC)cc3)c(F)c2)CC1. The third kappa shape index (κ3) is 6.28. The third-order valence-corrected chi connectivity index (χ3v) is 6.15. The summed E-state index contributed by atoms with van der Waals surface area (Å²) in [7, 11) is 0. The molecule has 0 bridgehead atoms. The van der Waals surface area contributed by atoms with Gasteiger partial charge in [0.25, 0.3) is 0 Å². The molecule has 0 aliphatic heterocycles. The molecule has 0 saturated heterocycles. The van der Waals surface area contributed by atoms with E-state index in [1.807, 2.05) is 6.92 Å². The van der Waals surface area contributed by atoms with Gasteiger partial charge in [-0.05, 0) is 86.4 Å². The van der Waals surface area contributed by atoms with Crippen LogP contribution in [0.15, 0.2) is 36.4 Å². The minimum atomic E-state index is -1.04. The van der Waals surface area contributed by atoms with Gasteiger partial charge in [0, 0.05) is 0 Å². The Bertz CT molecular complexity index is 832. The van der Waals surface area contributed by atoms with E-state index in [1.54, 1.807) is 12.1 Å². The van der Waals surface area contributed by atoms with E-state index in [9.17, 15) is 13.6 Å². The quantitative estimate of drug-likeness (QED) is 0.236. The molecule has 168 valence electrons. The van der Waals surface area contributed by atoms with E-state index < -0.39 is 23.2 Å². The van der Waals surface area contributed by atoms with E-state index in [2.05, 4.69) is 6.92 Å². The van der Waals surface area contributed by atoms with Gasteiger partial charge < -0.3 is 9.47 Å². The number of carbonyl (C=O) groups is 1. The van der Waals surface area contributed by atoms with Crippen molar-refractivity contribution in [1.82, 2.24) is 0 Å². The van der Waals surface area contributed by atoms with Crippen molar-refractivity contribution in [3.63, 3.8) is 0 Å². The predicted octanol–water partition coefficient (Wildman–Crippen LogP) is 7.44. The van der Waals surface area contributed by atoms with Gasteiger partial charge in [-0.3, -0.25) is 0 Å². The summed E-state index contributed by atoms with van der Waals surface area (Å²) in [5.74, 6) is -1.07. The lowest BCUT2D eigenvalue weighted by Crippen LogP contribution is -2.16. The second-order valence-electron chi connectivity index (χ2n) is 8.37. The zero-order valence-corrected chi connectivity index (χ0v) is 18.5. The highest BCUT2D eigenvalue weighted by Crippen LogP contribution is 2.38. The van der Waals surface area contributed by atoms with Gasteiger partial charge >= 0.3 is 5.97 Å². The van der Waals surface area contributed by atoms with Crippen molar-refractivity contribution in [2.45, 2.75) is 71.1 Å². The van der Waals surface area contributed by atoms with Gasteiger partial charge in [0.2, 0.25) is 0 Å². The average molecular weight is 431 g/mol. The largest absolute Gasteiger partial charge is 0.494 e. The van der Waals surface area contributed by atoms with E-state index in [4.69, 9.17) is 9.47 Å². The second-order valence-corrected chi connectivity index (χ2v) is 8.37. The zero-order chi connectivity index (χ0) is 22.2. The minimum absolute atomic E-state index is 0.141. The van der Waals surface area contributed by atoms with Crippen molar-refractivity contribution in [2.24, 2.45) is 5.92 Å². The maximum Gasteiger partial charge on any atom is 0.349 e. The fourth-order valence-corrected chi connectivity index (χ4v) is 4.42. The van der Waals surface area contributed by atoms with Crippen LogP contribution >= 0.6 is 0 Å². The first-order valence-electron chi connectivity index (χ1n) is 11.5. The van der Waals surface area contributed by atoms with Crippen molar-refractivity contribution in [2.75, 3.05) is 6.61 Å². The highest BCUT2D eigenvalue weighted by molar-refractivity contribution is 5.91. The van der Waals surface area contributed by atoms with Crippen LogP contribution in [0.1, 0.15) is 87.1 Å². The summed E-state index contributed by atoms with van der Waals surface area (Å²) in [5.41, 5.74) is -0.00879. The number of benzene rings is 2. The van der Waals surface area contributed by atoms with Crippen molar-refractivity contribution in [3.8, 4) is 11.5 Å². The molecule has 2 aromatic carbocycles. The van der Waals surface area contributed by atoms with Crippen molar-refractivity contribution in [1.29, 1.82) is 0 Å². The molecular weight excluding hydrogens is 398 g/mol. The number of hydrogen-bond acceptors (Lipinski definition) is 3. The average Bonchev–Trinajstić information content (AvgIpc) is 2.75. The highest BCUT2D eigenvalue weighted by Gasteiger charge is 2.26. The number of carbonyl (C=O) groups excluding carboxylic acids is 1. The molecule has 1 aliphatic rings. The normalized spacial score (nSPS) is 18.6. The first-order chi connectivity index (χ1) is 15.0. The van der Waals surface area contributed by atoms with Crippen molar-refractivity contribution < 1.29 is 23.0 Å². The van der Waals surface area contributed by atoms with E-state index in [0.717, 1.165) is 31.6 Å². The molecule has 1 fully saturated rings. The molecule has 1 aliphatic carbocycles. The Hall–Kier alpha value is -2.43. The summed E-state index contributed by atoms with van der Waals surface area (Å²) in [4.78, 5) is 12.4.